The molecule has 0 spiro atoms. The monoisotopic (exact) mass is 229 g/mol. The molecule has 1 fully saturated rings. The van der Waals surface area contributed by atoms with Gasteiger partial charge in [0.25, 0.3) is 0 Å². The Balaban J connectivity index is 1.96. The van der Waals surface area contributed by atoms with Crippen molar-refractivity contribution in [1.29, 1.82) is 5.26 Å². The van der Waals surface area contributed by atoms with E-state index >= 15 is 0 Å². The highest BCUT2D eigenvalue weighted by atomic mass is 15.1. The average Bonchev–Trinajstić information content (AvgIpc) is 2.78. The van der Waals surface area contributed by atoms with Crippen molar-refractivity contribution in [2.24, 2.45) is 11.8 Å². The van der Waals surface area contributed by atoms with Gasteiger partial charge in [0, 0.05) is 19.3 Å². The fraction of sp³-hybridized carbons (Fsp3) is 0.571. The first-order valence-electron chi connectivity index (χ1n) is 6.26. The van der Waals surface area contributed by atoms with Crippen LogP contribution in [0.5, 0.6) is 0 Å². The number of rotatable bonds is 3. The van der Waals surface area contributed by atoms with Crippen molar-refractivity contribution >= 4 is 0 Å². The lowest BCUT2D eigenvalue weighted by atomic mass is 9.95. The number of likely N-dealkylation sites (tertiary alicyclic amines) is 1. The van der Waals surface area contributed by atoms with E-state index in [0.717, 1.165) is 37.2 Å². The van der Waals surface area contributed by atoms with Crippen molar-refractivity contribution < 1.29 is 0 Å². The predicted molar refractivity (Wildman–Crippen MR) is 67.2 cm³/mol. The van der Waals surface area contributed by atoms with Gasteiger partial charge in [-0.25, -0.2) is 0 Å². The standard InChI is InChI=1S/C14H19N3/c1-11(2)13-4-6-17(9-13)10-14-7-12(8-15)3-5-16-14/h3,5,7,11,13H,4,6,9-10H2,1-2H3. The van der Waals surface area contributed by atoms with Crippen molar-refractivity contribution in [2.75, 3.05) is 13.1 Å². The van der Waals surface area contributed by atoms with Crippen LogP contribution in [0.3, 0.4) is 0 Å². The molecule has 1 unspecified atom stereocenters. The van der Waals surface area contributed by atoms with Gasteiger partial charge < -0.3 is 0 Å². The molecule has 17 heavy (non-hydrogen) atoms. The van der Waals surface area contributed by atoms with Crippen molar-refractivity contribution in [1.82, 2.24) is 9.88 Å². The first-order chi connectivity index (χ1) is 8.19. The summed E-state index contributed by atoms with van der Waals surface area (Å²) in [6.45, 7) is 7.78. The molecule has 3 heteroatoms. The van der Waals surface area contributed by atoms with Gasteiger partial charge in [-0.15, -0.1) is 0 Å². The molecule has 0 bridgehead atoms. The number of hydrogen-bond acceptors (Lipinski definition) is 3. The van der Waals surface area contributed by atoms with E-state index in [9.17, 15) is 0 Å². The van der Waals surface area contributed by atoms with Crippen molar-refractivity contribution in [3.8, 4) is 6.07 Å². The molecule has 1 saturated heterocycles. The Hall–Kier alpha value is -1.40. The Morgan fingerprint density at radius 2 is 2.41 bits per heavy atom. The Morgan fingerprint density at radius 3 is 3.06 bits per heavy atom. The normalized spacial score (nSPS) is 20.7. The minimum absolute atomic E-state index is 0.703. The number of nitrogens with zero attached hydrogens (tertiary/aromatic N) is 3. The minimum atomic E-state index is 0.703. The summed E-state index contributed by atoms with van der Waals surface area (Å²) in [5, 5.41) is 8.85. The maximum Gasteiger partial charge on any atom is 0.0992 e. The second kappa shape index (κ2) is 5.29. The van der Waals surface area contributed by atoms with Gasteiger partial charge in [0.15, 0.2) is 0 Å². The van der Waals surface area contributed by atoms with Crippen LogP contribution >= 0.6 is 0 Å². The summed E-state index contributed by atoms with van der Waals surface area (Å²) in [6.07, 6.45) is 3.01. The van der Waals surface area contributed by atoms with Crippen LogP contribution in [-0.4, -0.2) is 23.0 Å². The maximum atomic E-state index is 8.85. The summed E-state index contributed by atoms with van der Waals surface area (Å²) in [5.74, 6) is 1.58. The Kier molecular flexibility index (Phi) is 3.75. The Morgan fingerprint density at radius 1 is 1.59 bits per heavy atom. The zero-order valence-corrected chi connectivity index (χ0v) is 10.6. The molecule has 90 valence electrons. The highest BCUT2D eigenvalue weighted by Gasteiger charge is 2.24. The molecule has 1 aliphatic rings. The summed E-state index contributed by atoms with van der Waals surface area (Å²) in [4.78, 5) is 6.77. The smallest absolute Gasteiger partial charge is 0.0992 e. The largest absolute Gasteiger partial charge is 0.297 e. The van der Waals surface area contributed by atoms with Crippen LogP contribution in [0.25, 0.3) is 0 Å². The molecule has 0 radical (unpaired) electrons. The predicted octanol–water partition coefficient (Wildman–Crippen LogP) is 2.43. The zero-order chi connectivity index (χ0) is 12.3. The fourth-order valence-electron chi connectivity index (χ4n) is 2.41. The van der Waals surface area contributed by atoms with Gasteiger partial charge >= 0.3 is 0 Å². The van der Waals surface area contributed by atoms with E-state index in [1.807, 2.05) is 6.07 Å². The summed E-state index contributed by atoms with van der Waals surface area (Å²) in [7, 11) is 0. The van der Waals surface area contributed by atoms with Gasteiger partial charge in [-0.2, -0.15) is 5.26 Å². The number of aromatic nitrogens is 1. The van der Waals surface area contributed by atoms with Crippen LogP contribution in [0.4, 0.5) is 0 Å². The van der Waals surface area contributed by atoms with E-state index in [2.05, 4.69) is 29.8 Å². The molecule has 2 heterocycles. The summed E-state index contributed by atoms with van der Waals surface area (Å²) >= 11 is 0. The highest BCUT2D eigenvalue weighted by molar-refractivity contribution is 5.28. The third-order valence-electron chi connectivity index (χ3n) is 3.58. The molecule has 2 rings (SSSR count). The molecule has 0 amide bonds. The summed E-state index contributed by atoms with van der Waals surface area (Å²) < 4.78 is 0. The van der Waals surface area contributed by atoms with E-state index in [4.69, 9.17) is 5.26 Å². The van der Waals surface area contributed by atoms with Crippen LogP contribution < -0.4 is 0 Å². The van der Waals surface area contributed by atoms with Crippen LogP contribution in [0, 0.1) is 23.2 Å². The Labute approximate surface area is 103 Å². The molecule has 0 saturated carbocycles. The first-order valence-corrected chi connectivity index (χ1v) is 6.26. The number of hydrogen-bond donors (Lipinski definition) is 0. The summed E-state index contributed by atoms with van der Waals surface area (Å²) in [5.41, 5.74) is 1.71. The lowest BCUT2D eigenvalue weighted by molar-refractivity contribution is 0.294. The van der Waals surface area contributed by atoms with Gasteiger partial charge in [-0.3, -0.25) is 9.88 Å². The molecule has 1 aromatic heterocycles. The van der Waals surface area contributed by atoms with Crippen LogP contribution in [0.15, 0.2) is 18.3 Å². The van der Waals surface area contributed by atoms with Gasteiger partial charge in [-0.1, -0.05) is 13.8 Å². The van der Waals surface area contributed by atoms with E-state index in [1.165, 1.54) is 6.42 Å². The number of pyridine rings is 1. The second-order valence-corrected chi connectivity index (χ2v) is 5.18. The summed E-state index contributed by atoms with van der Waals surface area (Å²) in [6, 6.07) is 5.81. The van der Waals surface area contributed by atoms with E-state index in [1.54, 1.807) is 12.3 Å². The topological polar surface area (TPSA) is 39.9 Å². The van der Waals surface area contributed by atoms with E-state index in [-0.39, 0.29) is 0 Å². The van der Waals surface area contributed by atoms with Crippen LogP contribution in [0.1, 0.15) is 31.5 Å². The first kappa shape index (κ1) is 12.1. The van der Waals surface area contributed by atoms with Gasteiger partial charge in [0.1, 0.15) is 0 Å². The molecule has 3 nitrogen and oxygen atoms in total. The lowest BCUT2D eigenvalue weighted by Gasteiger charge is -2.17. The van der Waals surface area contributed by atoms with Crippen molar-refractivity contribution in [3.05, 3.63) is 29.6 Å². The molecule has 1 aliphatic heterocycles. The van der Waals surface area contributed by atoms with Gasteiger partial charge in [0.05, 0.1) is 17.3 Å². The zero-order valence-electron chi connectivity index (χ0n) is 10.6. The van der Waals surface area contributed by atoms with E-state index < -0.39 is 0 Å². The van der Waals surface area contributed by atoms with Crippen LogP contribution in [0.2, 0.25) is 0 Å². The number of nitriles is 1. The molecule has 0 N–H and O–H groups in total. The van der Waals surface area contributed by atoms with Crippen molar-refractivity contribution in [2.45, 2.75) is 26.8 Å². The van der Waals surface area contributed by atoms with Crippen LogP contribution in [-0.2, 0) is 6.54 Å². The minimum Gasteiger partial charge on any atom is -0.297 e. The maximum absolute atomic E-state index is 8.85. The Bertz CT molecular complexity index is 420. The van der Waals surface area contributed by atoms with E-state index in [0.29, 0.717) is 5.56 Å². The average molecular weight is 229 g/mol. The second-order valence-electron chi connectivity index (χ2n) is 5.18. The SMILES string of the molecule is CC(C)C1CCN(Cc2cc(C#N)ccn2)C1. The molecule has 0 aliphatic carbocycles. The molecule has 1 aromatic rings. The van der Waals surface area contributed by atoms with Crippen molar-refractivity contribution in [3.63, 3.8) is 0 Å². The van der Waals surface area contributed by atoms with Gasteiger partial charge in [-0.05, 0) is 36.9 Å². The molecular formula is C14H19N3. The lowest BCUT2D eigenvalue weighted by Crippen LogP contribution is -2.22. The molecule has 0 aromatic carbocycles. The highest BCUT2D eigenvalue weighted by Crippen LogP contribution is 2.24. The quantitative estimate of drug-likeness (QED) is 0.799. The fourth-order valence-corrected chi connectivity index (χ4v) is 2.41. The molecular weight excluding hydrogens is 210 g/mol. The third-order valence-corrected chi connectivity index (χ3v) is 3.58. The van der Waals surface area contributed by atoms with Gasteiger partial charge in [0.2, 0.25) is 0 Å². The third kappa shape index (κ3) is 3.04. The molecule has 1 atom stereocenters.